The predicted molar refractivity (Wildman–Crippen MR) is 60.2 cm³/mol. The molecule has 0 aliphatic carbocycles. The molecule has 2 heterocycles. The zero-order chi connectivity index (χ0) is 13.5. The summed E-state index contributed by atoms with van der Waals surface area (Å²) in [5, 5.41) is 11.0. The van der Waals surface area contributed by atoms with Crippen molar-refractivity contribution in [1.29, 1.82) is 0 Å². The quantitative estimate of drug-likeness (QED) is 0.730. The number of imide groups is 1. The SMILES string of the molecule is CC1(C)C(=O)NC(=O)CN1c1ccc(C(=O)O)o1. The molecule has 2 rings (SSSR count). The Hall–Kier alpha value is -2.31. The van der Waals surface area contributed by atoms with Crippen LogP contribution in [-0.2, 0) is 9.59 Å². The molecular weight excluding hydrogens is 240 g/mol. The standard InChI is InChI=1S/C11H12N2O5/c1-11(2)10(17)12-7(14)5-13(11)8-4-3-6(18-8)9(15)16/h3-4H,5H2,1-2H3,(H,15,16)(H,12,14,17). The van der Waals surface area contributed by atoms with E-state index in [-0.39, 0.29) is 18.2 Å². The predicted octanol–water partition coefficient (Wildman–Crippen LogP) is 0.219. The van der Waals surface area contributed by atoms with Gasteiger partial charge in [-0.2, -0.15) is 0 Å². The highest BCUT2D eigenvalue weighted by Gasteiger charge is 2.42. The van der Waals surface area contributed by atoms with E-state index in [9.17, 15) is 14.4 Å². The first-order valence-corrected chi connectivity index (χ1v) is 5.27. The highest BCUT2D eigenvalue weighted by molar-refractivity contribution is 6.06. The number of piperazine rings is 1. The average molecular weight is 252 g/mol. The second kappa shape index (κ2) is 3.86. The summed E-state index contributed by atoms with van der Waals surface area (Å²) in [5.41, 5.74) is -0.985. The Balaban J connectivity index is 2.37. The van der Waals surface area contributed by atoms with Crippen LogP contribution in [-0.4, -0.2) is 35.0 Å². The second-order valence-corrected chi connectivity index (χ2v) is 4.47. The van der Waals surface area contributed by atoms with Crippen LogP contribution in [0.4, 0.5) is 5.88 Å². The zero-order valence-corrected chi connectivity index (χ0v) is 9.89. The van der Waals surface area contributed by atoms with Gasteiger partial charge in [0, 0.05) is 6.07 Å². The first-order valence-electron chi connectivity index (χ1n) is 5.27. The maximum atomic E-state index is 11.7. The number of anilines is 1. The molecule has 1 fully saturated rings. The third-order valence-electron chi connectivity index (χ3n) is 2.85. The van der Waals surface area contributed by atoms with E-state index < -0.39 is 23.3 Å². The van der Waals surface area contributed by atoms with Gasteiger partial charge in [0.1, 0.15) is 12.1 Å². The number of carbonyl (C=O) groups is 3. The van der Waals surface area contributed by atoms with Crippen molar-refractivity contribution in [3.63, 3.8) is 0 Å². The first kappa shape index (κ1) is 12.2. The maximum Gasteiger partial charge on any atom is 0.371 e. The van der Waals surface area contributed by atoms with E-state index in [4.69, 9.17) is 9.52 Å². The monoisotopic (exact) mass is 252 g/mol. The molecule has 1 aliphatic rings. The number of amides is 2. The smallest absolute Gasteiger partial charge is 0.371 e. The van der Waals surface area contributed by atoms with Gasteiger partial charge in [0.15, 0.2) is 5.88 Å². The molecule has 0 radical (unpaired) electrons. The van der Waals surface area contributed by atoms with Crippen LogP contribution in [0.25, 0.3) is 0 Å². The maximum absolute atomic E-state index is 11.7. The van der Waals surface area contributed by atoms with E-state index in [1.165, 1.54) is 17.0 Å². The normalized spacial score (nSPS) is 18.7. The van der Waals surface area contributed by atoms with Gasteiger partial charge in [0.05, 0.1) is 0 Å². The summed E-state index contributed by atoms with van der Waals surface area (Å²) in [6, 6.07) is 2.71. The van der Waals surface area contributed by atoms with Crippen LogP contribution in [0.15, 0.2) is 16.5 Å². The molecule has 0 aromatic carbocycles. The molecule has 1 aliphatic heterocycles. The van der Waals surface area contributed by atoms with Gasteiger partial charge in [-0.05, 0) is 19.9 Å². The first-order chi connectivity index (χ1) is 8.32. The number of carboxylic acid groups (broad SMARTS) is 1. The Morgan fingerprint density at radius 2 is 2.11 bits per heavy atom. The van der Waals surface area contributed by atoms with Gasteiger partial charge in [-0.15, -0.1) is 0 Å². The van der Waals surface area contributed by atoms with Crippen LogP contribution < -0.4 is 10.2 Å². The molecule has 96 valence electrons. The highest BCUT2D eigenvalue weighted by Crippen LogP contribution is 2.28. The van der Waals surface area contributed by atoms with Gasteiger partial charge >= 0.3 is 5.97 Å². The number of hydrogen-bond donors (Lipinski definition) is 2. The van der Waals surface area contributed by atoms with Gasteiger partial charge in [0.2, 0.25) is 11.7 Å². The van der Waals surface area contributed by atoms with Gasteiger partial charge < -0.3 is 14.4 Å². The minimum absolute atomic E-state index is 0.0642. The van der Waals surface area contributed by atoms with Crippen molar-refractivity contribution in [2.75, 3.05) is 11.4 Å². The highest BCUT2D eigenvalue weighted by atomic mass is 16.4. The number of carbonyl (C=O) groups excluding carboxylic acids is 2. The van der Waals surface area contributed by atoms with E-state index in [0.29, 0.717) is 0 Å². The lowest BCUT2D eigenvalue weighted by molar-refractivity contribution is -0.135. The van der Waals surface area contributed by atoms with Crippen molar-refractivity contribution in [2.45, 2.75) is 19.4 Å². The zero-order valence-electron chi connectivity index (χ0n) is 9.89. The van der Waals surface area contributed by atoms with Crippen LogP contribution in [0.2, 0.25) is 0 Å². The fraction of sp³-hybridized carbons (Fsp3) is 0.364. The lowest BCUT2D eigenvalue weighted by Gasteiger charge is -2.39. The summed E-state index contributed by atoms with van der Waals surface area (Å²) in [7, 11) is 0. The molecule has 0 spiro atoms. The lowest BCUT2D eigenvalue weighted by atomic mass is 9.99. The molecule has 0 saturated carbocycles. The van der Waals surface area contributed by atoms with Crippen LogP contribution >= 0.6 is 0 Å². The Kier molecular flexibility index (Phi) is 2.61. The fourth-order valence-electron chi connectivity index (χ4n) is 1.72. The molecule has 0 atom stereocenters. The van der Waals surface area contributed by atoms with Crippen LogP contribution in [0.1, 0.15) is 24.4 Å². The number of furan rings is 1. The third-order valence-corrected chi connectivity index (χ3v) is 2.85. The third kappa shape index (κ3) is 1.83. The molecule has 2 amide bonds. The molecule has 2 N–H and O–H groups in total. The van der Waals surface area contributed by atoms with E-state index in [0.717, 1.165) is 0 Å². The number of carboxylic acids is 1. The Morgan fingerprint density at radius 1 is 1.44 bits per heavy atom. The van der Waals surface area contributed by atoms with Gasteiger partial charge in [-0.1, -0.05) is 0 Å². The van der Waals surface area contributed by atoms with Crippen LogP contribution in [0, 0.1) is 0 Å². The van der Waals surface area contributed by atoms with Crippen molar-refractivity contribution in [1.82, 2.24) is 5.32 Å². The Labute approximate surface area is 102 Å². The molecule has 7 nitrogen and oxygen atoms in total. The molecule has 1 aromatic rings. The van der Waals surface area contributed by atoms with E-state index >= 15 is 0 Å². The average Bonchev–Trinajstić information content (AvgIpc) is 2.72. The molecule has 18 heavy (non-hydrogen) atoms. The van der Waals surface area contributed by atoms with Crippen molar-refractivity contribution in [3.05, 3.63) is 17.9 Å². The van der Waals surface area contributed by atoms with Gasteiger partial charge in [-0.3, -0.25) is 14.9 Å². The number of nitrogens with zero attached hydrogens (tertiary/aromatic N) is 1. The lowest BCUT2D eigenvalue weighted by Crippen LogP contribution is -2.64. The number of nitrogens with one attached hydrogen (secondary N) is 1. The van der Waals surface area contributed by atoms with E-state index in [1.807, 2.05) is 0 Å². The van der Waals surface area contributed by atoms with Crippen LogP contribution in [0.3, 0.4) is 0 Å². The van der Waals surface area contributed by atoms with Crippen molar-refractivity contribution in [3.8, 4) is 0 Å². The fourth-order valence-corrected chi connectivity index (χ4v) is 1.72. The molecule has 0 unspecified atom stereocenters. The van der Waals surface area contributed by atoms with Crippen molar-refractivity contribution >= 4 is 23.7 Å². The Bertz CT molecular complexity index is 531. The summed E-state index contributed by atoms with van der Waals surface area (Å²) < 4.78 is 5.11. The molecule has 7 heteroatoms. The number of rotatable bonds is 2. The van der Waals surface area contributed by atoms with Crippen molar-refractivity contribution < 1.29 is 23.9 Å². The number of aromatic carboxylic acids is 1. The van der Waals surface area contributed by atoms with Crippen molar-refractivity contribution in [2.24, 2.45) is 0 Å². The van der Waals surface area contributed by atoms with Crippen LogP contribution in [0.5, 0.6) is 0 Å². The summed E-state index contributed by atoms with van der Waals surface area (Å²) in [4.78, 5) is 35.2. The van der Waals surface area contributed by atoms with Gasteiger partial charge in [0.25, 0.3) is 5.91 Å². The van der Waals surface area contributed by atoms with E-state index in [2.05, 4.69) is 5.32 Å². The topological polar surface area (TPSA) is 99.9 Å². The largest absolute Gasteiger partial charge is 0.475 e. The Morgan fingerprint density at radius 3 is 2.67 bits per heavy atom. The summed E-state index contributed by atoms with van der Waals surface area (Å²) in [5.74, 6) is -2.16. The minimum atomic E-state index is -1.20. The molecule has 0 bridgehead atoms. The second-order valence-electron chi connectivity index (χ2n) is 4.47. The van der Waals surface area contributed by atoms with E-state index in [1.54, 1.807) is 13.8 Å². The molecule has 1 aromatic heterocycles. The number of hydrogen-bond acceptors (Lipinski definition) is 5. The summed E-state index contributed by atoms with van der Waals surface area (Å²) in [6.07, 6.45) is 0. The summed E-state index contributed by atoms with van der Waals surface area (Å²) >= 11 is 0. The van der Waals surface area contributed by atoms with Gasteiger partial charge in [-0.25, -0.2) is 4.79 Å². The molecule has 1 saturated heterocycles. The summed E-state index contributed by atoms with van der Waals surface area (Å²) in [6.45, 7) is 3.18. The minimum Gasteiger partial charge on any atom is -0.475 e. The molecular formula is C11H12N2O5.